The first-order valence-corrected chi connectivity index (χ1v) is 8.97. The molecule has 27 heavy (non-hydrogen) atoms. The van der Waals surface area contributed by atoms with E-state index in [1.54, 1.807) is 18.2 Å². The zero-order valence-corrected chi connectivity index (χ0v) is 15.3. The molecular weight excluding hydrogens is 368 g/mol. The van der Waals surface area contributed by atoms with Gasteiger partial charge in [0.2, 0.25) is 0 Å². The second-order valence-corrected chi connectivity index (χ2v) is 7.11. The van der Waals surface area contributed by atoms with Gasteiger partial charge in [-0.15, -0.1) is 0 Å². The summed E-state index contributed by atoms with van der Waals surface area (Å²) in [5.74, 6) is -0.327. The number of nitro benzene ring substituents is 1. The van der Waals surface area contributed by atoms with Gasteiger partial charge in [0.05, 0.1) is 39.9 Å². The fourth-order valence-electron chi connectivity index (χ4n) is 4.09. The molecule has 6 nitrogen and oxygen atoms in total. The molecule has 0 radical (unpaired) electrons. The zero-order chi connectivity index (χ0) is 19.1. The summed E-state index contributed by atoms with van der Waals surface area (Å²) in [4.78, 5) is 22.8. The number of hydrogen-bond donors (Lipinski definition) is 1. The maximum Gasteiger partial charge on any atom is 0.337 e. The molecule has 0 aromatic heterocycles. The van der Waals surface area contributed by atoms with Crippen molar-refractivity contribution in [3.63, 3.8) is 0 Å². The van der Waals surface area contributed by atoms with Crippen LogP contribution in [0.15, 0.2) is 48.6 Å². The van der Waals surface area contributed by atoms with Gasteiger partial charge in [0.25, 0.3) is 5.69 Å². The smallest absolute Gasteiger partial charge is 0.337 e. The van der Waals surface area contributed by atoms with E-state index in [-0.39, 0.29) is 34.5 Å². The van der Waals surface area contributed by atoms with Gasteiger partial charge in [-0.25, -0.2) is 4.79 Å². The number of halogens is 1. The van der Waals surface area contributed by atoms with E-state index in [0.717, 1.165) is 12.0 Å². The Bertz CT molecular complexity index is 955. The fourth-order valence-corrected chi connectivity index (χ4v) is 4.31. The summed E-state index contributed by atoms with van der Waals surface area (Å²) in [6, 6.07) is 10.2. The molecule has 0 bridgehead atoms. The van der Waals surface area contributed by atoms with Crippen LogP contribution in [0.5, 0.6) is 0 Å². The van der Waals surface area contributed by atoms with Crippen LogP contribution in [0, 0.1) is 16.0 Å². The second-order valence-electron chi connectivity index (χ2n) is 6.70. The van der Waals surface area contributed by atoms with Gasteiger partial charge in [-0.2, -0.15) is 0 Å². The number of fused-ring (bicyclic) bond motifs is 3. The molecule has 0 saturated carbocycles. The molecule has 0 spiro atoms. The number of methoxy groups -OCH3 is 1. The maximum atomic E-state index is 11.7. The Labute approximate surface area is 160 Å². The van der Waals surface area contributed by atoms with E-state index in [9.17, 15) is 14.9 Å². The number of rotatable bonds is 3. The van der Waals surface area contributed by atoms with Crippen LogP contribution in [0.4, 0.5) is 11.4 Å². The number of nitro groups is 1. The number of carbonyl (C=O) groups excluding carboxylic acids is 1. The molecule has 1 aliphatic heterocycles. The molecule has 3 atom stereocenters. The molecule has 1 N–H and O–H groups in total. The molecule has 2 aromatic carbocycles. The SMILES string of the molecule is COC(=O)c1ccc([C@H]2Nc3c(Cl)ccc([N+](=O)[O-])c3[C@@H]3C=CC[C@H]23)cc1. The number of nitrogens with zero attached hydrogens (tertiary/aromatic N) is 1. The summed E-state index contributed by atoms with van der Waals surface area (Å²) in [5.41, 5.74) is 2.82. The molecule has 0 unspecified atom stereocenters. The van der Waals surface area contributed by atoms with E-state index in [4.69, 9.17) is 16.3 Å². The molecule has 4 rings (SSSR count). The van der Waals surface area contributed by atoms with Gasteiger partial charge >= 0.3 is 5.97 Å². The number of esters is 1. The molecule has 0 fully saturated rings. The van der Waals surface area contributed by atoms with Gasteiger partial charge in [-0.3, -0.25) is 10.1 Å². The monoisotopic (exact) mass is 384 g/mol. The van der Waals surface area contributed by atoms with Crippen LogP contribution in [0.25, 0.3) is 0 Å². The third-order valence-electron chi connectivity index (χ3n) is 5.33. The van der Waals surface area contributed by atoms with Crippen molar-refractivity contribution >= 4 is 28.9 Å². The number of benzene rings is 2. The molecule has 2 aliphatic rings. The normalized spacial score (nSPS) is 22.5. The average molecular weight is 385 g/mol. The van der Waals surface area contributed by atoms with E-state index in [1.165, 1.54) is 13.2 Å². The van der Waals surface area contributed by atoms with Gasteiger partial charge in [-0.05, 0) is 36.1 Å². The first-order valence-electron chi connectivity index (χ1n) is 8.59. The summed E-state index contributed by atoms with van der Waals surface area (Å²) in [5, 5.41) is 15.4. The summed E-state index contributed by atoms with van der Waals surface area (Å²) in [6.45, 7) is 0. The van der Waals surface area contributed by atoms with Crippen LogP contribution in [-0.2, 0) is 4.74 Å². The standard InChI is InChI=1S/C20H17ClN2O4/c1-27-20(24)12-7-5-11(6-8-12)18-14-4-2-3-13(14)17-16(23(25)26)10-9-15(21)19(17)22-18/h2-3,5-10,13-14,18,22H,4H2,1H3/t13-,14+,18-/m1/s1. The first-order chi connectivity index (χ1) is 13.0. The highest BCUT2D eigenvalue weighted by Gasteiger charge is 2.42. The lowest BCUT2D eigenvalue weighted by molar-refractivity contribution is -0.385. The molecule has 138 valence electrons. The minimum atomic E-state index is -0.387. The van der Waals surface area contributed by atoms with Gasteiger partial charge in [0.1, 0.15) is 0 Å². The number of nitrogens with one attached hydrogen (secondary N) is 1. The predicted octanol–water partition coefficient (Wildman–Crippen LogP) is 4.86. The average Bonchev–Trinajstić information content (AvgIpc) is 3.17. The van der Waals surface area contributed by atoms with E-state index < -0.39 is 0 Å². The summed E-state index contributed by atoms with van der Waals surface area (Å²) in [7, 11) is 1.35. The predicted molar refractivity (Wildman–Crippen MR) is 102 cm³/mol. The Hall–Kier alpha value is -2.86. The minimum absolute atomic E-state index is 0.0660. The highest BCUT2D eigenvalue weighted by atomic mass is 35.5. The lowest BCUT2D eigenvalue weighted by Crippen LogP contribution is -2.30. The minimum Gasteiger partial charge on any atom is -0.465 e. The third-order valence-corrected chi connectivity index (χ3v) is 5.65. The number of carbonyl (C=O) groups is 1. The zero-order valence-electron chi connectivity index (χ0n) is 14.5. The van der Waals surface area contributed by atoms with Gasteiger partial charge in [0.15, 0.2) is 0 Å². The van der Waals surface area contributed by atoms with Crippen molar-refractivity contribution in [3.8, 4) is 0 Å². The van der Waals surface area contributed by atoms with Gasteiger partial charge in [-0.1, -0.05) is 35.9 Å². The molecule has 1 heterocycles. The van der Waals surface area contributed by atoms with Gasteiger partial charge in [0, 0.05) is 12.0 Å². The van der Waals surface area contributed by atoms with E-state index in [1.807, 2.05) is 18.2 Å². The van der Waals surface area contributed by atoms with Gasteiger partial charge < -0.3 is 10.1 Å². The molecular formula is C20H17ClN2O4. The van der Waals surface area contributed by atoms with Crippen molar-refractivity contribution in [1.29, 1.82) is 0 Å². The topological polar surface area (TPSA) is 81.5 Å². The lowest BCUT2D eigenvalue weighted by Gasteiger charge is -2.37. The van der Waals surface area contributed by atoms with Crippen molar-refractivity contribution < 1.29 is 14.5 Å². The summed E-state index contributed by atoms with van der Waals surface area (Å²) in [6.07, 6.45) is 4.90. The Kier molecular flexibility index (Phi) is 4.36. The van der Waals surface area contributed by atoms with Crippen LogP contribution in [-0.4, -0.2) is 18.0 Å². The number of ether oxygens (including phenoxy) is 1. The van der Waals surface area contributed by atoms with Crippen molar-refractivity contribution in [3.05, 3.63) is 80.4 Å². The van der Waals surface area contributed by atoms with Crippen molar-refractivity contribution in [1.82, 2.24) is 0 Å². The second kappa shape index (κ2) is 6.70. The molecule has 1 aliphatic carbocycles. The Balaban J connectivity index is 1.77. The molecule has 2 aromatic rings. The Morgan fingerprint density at radius 3 is 2.67 bits per heavy atom. The van der Waals surface area contributed by atoms with E-state index in [0.29, 0.717) is 21.8 Å². The highest BCUT2D eigenvalue weighted by Crippen LogP contribution is 2.54. The number of allylic oxidation sites excluding steroid dienone is 2. The Morgan fingerprint density at radius 1 is 1.26 bits per heavy atom. The highest BCUT2D eigenvalue weighted by molar-refractivity contribution is 6.33. The molecule has 0 amide bonds. The van der Waals surface area contributed by atoms with Crippen LogP contribution < -0.4 is 5.32 Å². The van der Waals surface area contributed by atoms with Crippen molar-refractivity contribution in [2.75, 3.05) is 12.4 Å². The van der Waals surface area contributed by atoms with Crippen molar-refractivity contribution in [2.24, 2.45) is 5.92 Å². The van der Waals surface area contributed by atoms with Crippen LogP contribution in [0.1, 0.15) is 39.9 Å². The van der Waals surface area contributed by atoms with Crippen LogP contribution in [0.2, 0.25) is 5.02 Å². The van der Waals surface area contributed by atoms with Crippen LogP contribution >= 0.6 is 11.6 Å². The van der Waals surface area contributed by atoms with E-state index in [2.05, 4.69) is 11.4 Å². The number of hydrogen-bond acceptors (Lipinski definition) is 5. The summed E-state index contributed by atoms with van der Waals surface area (Å²) >= 11 is 6.38. The van der Waals surface area contributed by atoms with E-state index >= 15 is 0 Å². The first kappa shape index (κ1) is 17.5. The largest absolute Gasteiger partial charge is 0.465 e. The van der Waals surface area contributed by atoms with Crippen molar-refractivity contribution in [2.45, 2.75) is 18.4 Å². The molecule has 7 heteroatoms. The Morgan fingerprint density at radius 2 is 2.00 bits per heavy atom. The fraction of sp³-hybridized carbons (Fsp3) is 0.250. The maximum absolute atomic E-state index is 11.7. The lowest BCUT2D eigenvalue weighted by atomic mass is 9.76. The quantitative estimate of drug-likeness (QED) is 0.353. The van der Waals surface area contributed by atoms with Crippen LogP contribution in [0.3, 0.4) is 0 Å². The third kappa shape index (κ3) is 2.86. The molecule has 0 saturated heterocycles. The summed E-state index contributed by atoms with van der Waals surface area (Å²) < 4.78 is 4.74. The number of anilines is 1.